The number of methoxy groups -OCH3 is 1. The molecule has 22 heavy (non-hydrogen) atoms. The predicted molar refractivity (Wildman–Crippen MR) is 80.5 cm³/mol. The van der Waals surface area contributed by atoms with Crippen molar-refractivity contribution in [3.05, 3.63) is 23.8 Å². The third kappa shape index (κ3) is 3.32. The number of hydrogen-bond donors (Lipinski definition) is 1. The van der Waals surface area contributed by atoms with E-state index >= 15 is 0 Å². The molecule has 0 radical (unpaired) electrons. The zero-order valence-electron chi connectivity index (χ0n) is 13.0. The molecular weight excluding hydrogens is 286 g/mol. The fraction of sp³-hybridized carbons (Fsp3) is 0.500. The molecule has 1 aliphatic rings. The van der Waals surface area contributed by atoms with Crippen molar-refractivity contribution in [1.29, 1.82) is 0 Å². The fourth-order valence-corrected chi connectivity index (χ4v) is 2.58. The van der Waals surface area contributed by atoms with Crippen molar-refractivity contribution in [3.8, 4) is 11.5 Å². The first-order chi connectivity index (χ1) is 10.4. The van der Waals surface area contributed by atoms with Gasteiger partial charge in [0.25, 0.3) is 5.91 Å². The van der Waals surface area contributed by atoms with Gasteiger partial charge in [0, 0.05) is 12.1 Å². The Morgan fingerprint density at radius 1 is 1.32 bits per heavy atom. The Hall–Kier alpha value is -2.24. The van der Waals surface area contributed by atoms with Crippen LogP contribution in [0.1, 0.15) is 37.0 Å². The quantitative estimate of drug-likeness (QED) is 0.902. The highest BCUT2D eigenvalue weighted by molar-refractivity contribution is 5.97. The lowest BCUT2D eigenvalue weighted by molar-refractivity contribution is -0.141. The average Bonchev–Trinajstić information content (AvgIpc) is 2.96. The lowest BCUT2D eigenvalue weighted by atomic mass is 10.1. The first kappa shape index (κ1) is 16.1. The van der Waals surface area contributed by atoms with Gasteiger partial charge in [0.15, 0.2) is 11.5 Å². The highest BCUT2D eigenvalue weighted by Gasteiger charge is 2.34. The summed E-state index contributed by atoms with van der Waals surface area (Å²) in [7, 11) is 1.51. The number of carboxylic acid groups (broad SMARTS) is 1. The molecule has 0 aromatic heterocycles. The average molecular weight is 307 g/mol. The number of carbonyl (C=O) groups excluding carboxylic acids is 1. The van der Waals surface area contributed by atoms with Crippen molar-refractivity contribution in [2.24, 2.45) is 0 Å². The number of rotatable bonds is 5. The number of nitrogens with zero attached hydrogens (tertiary/aromatic N) is 1. The van der Waals surface area contributed by atoms with Gasteiger partial charge in [-0.25, -0.2) is 4.79 Å². The van der Waals surface area contributed by atoms with Crippen LogP contribution in [0, 0.1) is 0 Å². The summed E-state index contributed by atoms with van der Waals surface area (Å²) in [5, 5.41) is 9.18. The number of carbonyl (C=O) groups is 2. The molecule has 1 atom stereocenters. The van der Waals surface area contributed by atoms with E-state index in [1.54, 1.807) is 18.2 Å². The van der Waals surface area contributed by atoms with E-state index in [9.17, 15) is 14.7 Å². The van der Waals surface area contributed by atoms with Gasteiger partial charge in [0.05, 0.1) is 13.2 Å². The van der Waals surface area contributed by atoms with Crippen LogP contribution in [-0.2, 0) is 4.79 Å². The molecule has 6 nitrogen and oxygen atoms in total. The van der Waals surface area contributed by atoms with Gasteiger partial charge in [-0.3, -0.25) is 4.79 Å². The highest BCUT2D eigenvalue weighted by Crippen LogP contribution is 2.30. The molecule has 2 rings (SSSR count). The van der Waals surface area contributed by atoms with E-state index in [1.165, 1.54) is 12.0 Å². The van der Waals surface area contributed by atoms with Gasteiger partial charge in [-0.2, -0.15) is 0 Å². The van der Waals surface area contributed by atoms with E-state index in [2.05, 4.69) is 0 Å². The molecule has 1 heterocycles. The molecule has 6 heteroatoms. The predicted octanol–water partition coefficient (Wildman–Crippen LogP) is 2.17. The van der Waals surface area contributed by atoms with Crippen LogP contribution in [0.2, 0.25) is 0 Å². The van der Waals surface area contributed by atoms with E-state index in [1.807, 2.05) is 13.8 Å². The second-order valence-electron chi connectivity index (χ2n) is 5.53. The summed E-state index contributed by atoms with van der Waals surface area (Å²) in [5.41, 5.74) is 0.404. The summed E-state index contributed by atoms with van der Waals surface area (Å²) < 4.78 is 10.9. The van der Waals surface area contributed by atoms with Crippen LogP contribution in [0.15, 0.2) is 18.2 Å². The first-order valence-corrected chi connectivity index (χ1v) is 7.32. The third-order valence-corrected chi connectivity index (χ3v) is 3.57. The number of benzene rings is 1. The van der Waals surface area contributed by atoms with Gasteiger partial charge < -0.3 is 19.5 Å². The van der Waals surface area contributed by atoms with Crippen LogP contribution in [0.25, 0.3) is 0 Å². The Kier molecular flexibility index (Phi) is 4.90. The molecule has 120 valence electrons. The van der Waals surface area contributed by atoms with Crippen LogP contribution in [0.4, 0.5) is 0 Å². The number of amides is 1. The highest BCUT2D eigenvalue weighted by atomic mass is 16.5. The van der Waals surface area contributed by atoms with Gasteiger partial charge in [-0.15, -0.1) is 0 Å². The van der Waals surface area contributed by atoms with Crippen LogP contribution < -0.4 is 9.47 Å². The smallest absolute Gasteiger partial charge is 0.326 e. The summed E-state index contributed by atoms with van der Waals surface area (Å²) in [4.78, 5) is 25.1. The van der Waals surface area contributed by atoms with Crippen molar-refractivity contribution >= 4 is 11.9 Å². The second kappa shape index (κ2) is 6.68. The molecule has 0 bridgehead atoms. The number of ether oxygens (including phenoxy) is 2. The zero-order valence-corrected chi connectivity index (χ0v) is 13.0. The van der Waals surface area contributed by atoms with E-state index in [-0.39, 0.29) is 12.0 Å². The van der Waals surface area contributed by atoms with Crippen molar-refractivity contribution in [3.63, 3.8) is 0 Å². The monoisotopic (exact) mass is 307 g/mol. The molecule has 1 aliphatic heterocycles. The van der Waals surface area contributed by atoms with Crippen LogP contribution in [-0.4, -0.2) is 47.7 Å². The maximum absolute atomic E-state index is 12.5. The molecule has 1 fully saturated rings. The molecule has 1 amide bonds. The number of carboxylic acids is 1. The fourth-order valence-electron chi connectivity index (χ4n) is 2.58. The summed E-state index contributed by atoms with van der Waals surface area (Å²) in [6.07, 6.45) is 1.19. The largest absolute Gasteiger partial charge is 0.493 e. The third-order valence-electron chi connectivity index (χ3n) is 3.57. The van der Waals surface area contributed by atoms with Crippen LogP contribution in [0.5, 0.6) is 11.5 Å². The molecule has 0 spiro atoms. The Morgan fingerprint density at radius 3 is 2.64 bits per heavy atom. The lowest BCUT2D eigenvalue weighted by Gasteiger charge is -2.22. The van der Waals surface area contributed by atoms with Crippen molar-refractivity contribution in [1.82, 2.24) is 4.90 Å². The minimum Gasteiger partial charge on any atom is -0.493 e. The standard InChI is InChI=1S/C16H21NO5/c1-10(2)22-13-7-6-11(9-14(13)21-3)15(18)17-8-4-5-12(17)16(19)20/h6-7,9-10,12H,4-5,8H2,1-3H3,(H,19,20). The molecule has 1 aromatic carbocycles. The Balaban J connectivity index is 2.25. The molecule has 1 unspecified atom stereocenters. The molecule has 0 aliphatic carbocycles. The first-order valence-electron chi connectivity index (χ1n) is 7.32. The van der Waals surface area contributed by atoms with Gasteiger partial charge >= 0.3 is 5.97 Å². The maximum atomic E-state index is 12.5. The van der Waals surface area contributed by atoms with Gasteiger partial charge in [-0.05, 0) is 44.9 Å². The maximum Gasteiger partial charge on any atom is 0.326 e. The van der Waals surface area contributed by atoms with Gasteiger partial charge in [0.2, 0.25) is 0 Å². The summed E-state index contributed by atoms with van der Waals surface area (Å²) in [6.45, 7) is 4.27. The van der Waals surface area contributed by atoms with E-state index in [4.69, 9.17) is 9.47 Å². The minimum absolute atomic E-state index is 0.00887. The second-order valence-corrected chi connectivity index (χ2v) is 5.53. The summed E-state index contributed by atoms with van der Waals surface area (Å²) in [6, 6.07) is 4.17. The Labute approximate surface area is 129 Å². The van der Waals surface area contributed by atoms with E-state index in [0.29, 0.717) is 36.4 Å². The summed E-state index contributed by atoms with van der Waals surface area (Å²) >= 11 is 0. The summed E-state index contributed by atoms with van der Waals surface area (Å²) in [5.74, 6) is -0.229. The van der Waals surface area contributed by atoms with Gasteiger partial charge in [-0.1, -0.05) is 0 Å². The van der Waals surface area contributed by atoms with Crippen molar-refractivity contribution < 1.29 is 24.2 Å². The van der Waals surface area contributed by atoms with Crippen LogP contribution in [0.3, 0.4) is 0 Å². The molecule has 0 saturated carbocycles. The van der Waals surface area contributed by atoms with Gasteiger partial charge in [0.1, 0.15) is 6.04 Å². The SMILES string of the molecule is COc1cc(C(=O)N2CCCC2C(=O)O)ccc1OC(C)C. The number of hydrogen-bond acceptors (Lipinski definition) is 4. The number of aliphatic carboxylic acids is 1. The molecule has 1 N–H and O–H groups in total. The molecule has 1 saturated heterocycles. The normalized spacial score (nSPS) is 17.6. The number of likely N-dealkylation sites (tertiary alicyclic amines) is 1. The van der Waals surface area contributed by atoms with Crippen molar-refractivity contribution in [2.45, 2.75) is 38.8 Å². The zero-order chi connectivity index (χ0) is 16.3. The molecular formula is C16H21NO5. The Bertz CT molecular complexity index is 570. The molecule has 1 aromatic rings. The topological polar surface area (TPSA) is 76.1 Å². The minimum atomic E-state index is -0.961. The van der Waals surface area contributed by atoms with Crippen LogP contribution >= 0.6 is 0 Å². The lowest BCUT2D eigenvalue weighted by Crippen LogP contribution is -2.40. The van der Waals surface area contributed by atoms with E-state index in [0.717, 1.165) is 0 Å². The Morgan fingerprint density at radius 2 is 2.05 bits per heavy atom. The van der Waals surface area contributed by atoms with Crippen molar-refractivity contribution in [2.75, 3.05) is 13.7 Å². The van der Waals surface area contributed by atoms with E-state index < -0.39 is 12.0 Å².